The van der Waals surface area contributed by atoms with Crippen LogP contribution in [0.5, 0.6) is 0 Å². The molecular weight excluding hydrogens is 999 g/mol. The summed E-state index contributed by atoms with van der Waals surface area (Å²) in [5.74, 6) is -0.362. The van der Waals surface area contributed by atoms with Gasteiger partial charge in [0, 0.05) is 70.1 Å². The summed E-state index contributed by atoms with van der Waals surface area (Å²) in [4.78, 5) is 53.4. The number of carboxylic acids is 1. The van der Waals surface area contributed by atoms with Crippen LogP contribution in [-0.4, -0.2) is 55.0 Å². The van der Waals surface area contributed by atoms with Crippen LogP contribution < -0.4 is 25.8 Å². The number of hydrogen-bond acceptors (Lipinski definition) is 6. The van der Waals surface area contributed by atoms with E-state index in [0.717, 1.165) is 84.5 Å². The summed E-state index contributed by atoms with van der Waals surface area (Å²) < 4.78 is 0.950. The molecule has 3 amide bonds. The molecule has 0 aliphatic carbocycles. The van der Waals surface area contributed by atoms with E-state index in [4.69, 9.17) is 0 Å². The predicted molar refractivity (Wildman–Crippen MR) is 308 cm³/mol. The van der Waals surface area contributed by atoms with Crippen molar-refractivity contribution in [3.63, 3.8) is 0 Å². The fraction of sp³-hybridized carbons (Fsp3) is 0.188. The van der Waals surface area contributed by atoms with Gasteiger partial charge in [-0.05, 0) is 152 Å². The van der Waals surface area contributed by atoms with Crippen LogP contribution in [0, 0.1) is 13.8 Å². The van der Waals surface area contributed by atoms with Crippen molar-refractivity contribution in [1.29, 1.82) is 0 Å². The van der Waals surface area contributed by atoms with E-state index >= 15 is 0 Å². The SMILES string of the molecule is Cc1ccc(Br)cc1NC(=O)c1ccccc1.Cc1ccc(N2CCC(c3ccccc3)CC2)cc1NC(=O)c1ccccc1.O=C(Nc1cc(N2CCC(c3ccccc3)CC2)ccc1C(=O)O)c1ccccc1. The van der Waals surface area contributed by atoms with Gasteiger partial charge in [0.25, 0.3) is 17.7 Å². The molecule has 380 valence electrons. The van der Waals surface area contributed by atoms with E-state index in [9.17, 15) is 24.3 Å². The van der Waals surface area contributed by atoms with Crippen LogP contribution in [0.3, 0.4) is 0 Å². The molecule has 11 heteroatoms. The van der Waals surface area contributed by atoms with Crippen LogP contribution >= 0.6 is 15.9 Å². The number of aromatic carboxylic acids is 1. The van der Waals surface area contributed by atoms with Crippen molar-refractivity contribution in [2.24, 2.45) is 0 Å². The average Bonchev–Trinajstić information content (AvgIpc) is 3.46. The minimum Gasteiger partial charge on any atom is -0.478 e. The molecule has 8 aromatic carbocycles. The molecule has 2 heterocycles. The maximum Gasteiger partial charge on any atom is 0.337 e. The number of aryl methyl sites for hydroxylation is 2. The summed E-state index contributed by atoms with van der Waals surface area (Å²) in [7, 11) is 0. The third kappa shape index (κ3) is 14.7. The molecule has 0 saturated carbocycles. The number of carboxylic acid groups (broad SMARTS) is 1. The average molecular weight is 1060 g/mol. The Kier molecular flexibility index (Phi) is 18.4. The number of carbonyl (C=O) groups is 4. The van der Waals surface area contributed by atoms with E-state index in [1.807, 2.05) is 98.8 Å². The summed E-state index contributed by atoms with van der Waals surface area (Å²) in [6.45, 7) is 7.85. The van der Waals surface area contributed by atoms with Gasteiger partial charge in [-0.3, -0.25) is 14.4 Å². The van der Waals surface area contributed by atoms with Gasteiger partial charge in [0.05, 0.1) is 11.3 Å². The molecule has 4 N–H and O–H groups in total. The molecule has 10 nitrogen and oxygen atoms in total. The van der Waals surface area contributed by atoms with Crippen molar-refractivity contribution in [3.8, 4) is 0 Å². The summed E-state index contributed by atoms with van der Waals surface area (Å²) in [5, 5.41) is 18.3. The molecule has 0 spiro atoms. The lowest BCUT2D eigenvalue weighted by Crippen LogP contribution is -2.33. The fourth-order valence-corrected chi connectivity index (χ4v) is 9.79. The monoisotopic (exact) mass is 1060 g/mol. The zero-order valence-corrected chi connectivity index (χ0v) is 43.9. The van der Waals surface area contributed by atoms with Crippen LogP contribution in [0.15, 0.2) is 211 Å². The van der Waals surface area contributed by atoms with Gasteiger partial charge in [0.1, 0.15) is 0 Å². The summed E-state index contributed by atoms with van der Waals surface area (Å²) in [6.07, 6.45) is 4.39. The Hall–Kier alpha value is -8.28. The quantitative estimate of drug-likeness (QED) is 0.101. The van der Waals surface area contributed by atoms with Crippen LogP contribution in [-0.2, 0) is 0 Å². The van der Waals surface area contributed by atoms with Gasteiger partial charge in [-0.1, -0.05) is 143 Å². The first-order chi connectivity index (χ1) is 36.5. The molecule has 0 unspecified atom stereocenters. The highest BCUT2D eigenvalue weighted by Crippen LogP contribution is 2.34. The lowest BCUT2D eigenvalue weighted by Gasteiger charge is -2.34. The van der Waals surface area contributed by atoms with Crippen molar-refractivity contribution in [2.75, 3.05) is 51.9 Å². The third-order valence-electron chi connectivity index (χ3n) is 13.8. The summed E-state index contributed by atoms with van der Waals surface area (Å²) in [6, 6.07) is 66.0. The number of piperidine rings is 2. The number of carbonyl (C=O) groups excluding carboxylic acids is 3. The van der Waals surface area contributed by atoms with Gasteiger partial charge < -0.3 is 30.9 Å². The molecule has 0 radical (unpaired) electrons. The highest BCUT2D eigenvalue weighted by atomic mass is 79.9. The van der Waals surface area contributed by atoms with Gasteiger partial charge in [-0.2, -0.15) is 0 Å². The Morgan fingerprint density at radius 3 is 1.16 bits per heavy atom. The topological polar surface area (TPSA) is 131 Å². The minimum atomic E-state index is -1.06. The zero-order valence-electron chi connectivity index (χ0n) is 42.3. The van der Waals surface area contributed by atoms with Crippen molar-refractivity contribution >= 4 is 68.1 Å². The number of anilines is 5. The number of halogens is 1. The second kappa shape index (κ2) is 26.1. The minimum absolute atomic E-state index is 0.0661. The molecule has 0 bridgehead atoms. The molecule has 8 aromatic rings. The summed E-state index contributed by atoms with van der Waals surface area (Å²) in [5.41, 5.74) is 11.0. The first-order valence-electron chi connectivity index (χ1n) is 25.4. The van der Waals surface area contributed by atoms with E-state index in [2.05, 4.69) is 114 Å². The van der Waals surface area contributed by atoms with Crippen LogP contribution in [0.2, 0.25) is 0 Å². The normalized spacial score (nSPS) is 13.5. The van der Waals surface area contributed by atoms with E-state index in [1.165, 1.54) is 16.8 Å². The van der Waals surface area contributed by atoms with Gasteiger partial charge in [-0.15, -0.1) is 0 Å². The molecule has 2 fully saturated rings. The first-order valence-corrected chi connectivity index (χ1v) is 26.2. The lowest BCUT2D eigenvalue weighted by molar-refractivity contribution is 0.0697. The maximum atomic E-state index is 12.6. The van der Waals surface area contributed by atoms with Crippen molar-refractivity contribution in [2.45, 2.75) is 51.4 Å². The molecule has 0 aromatic heterocycles. The van der Waals surface area contributed by atoms with Gasteiger partial charge in [-0.25, -0.2) is 4.79 Å². The number of nitrogens with zero attached hydrogens (tertiary/aromatic N) is 2. The van der Waals surface area contributed by atoms with E-state index in [0.29, 0.717) is 34.2 Å². The number of hydrogen-bond donors (Lipinski definition) is 4. The highest BCUT2D eigenvalue weighted by molar-refractivity contribution is 9.10. The Morgan fingerprint density at radius 2 is 0.760 bits per heavy atom. The molecule has 2 saturated heterocycles. The smallest absolute Gasteiger partial charge is 0.337 e. The largest absolute Gasteiger partial charge is 0.478 e. The van der Waals surface area contributed by atoms with Crippen LogP contribution in [0.1, 0.15) is 101 Å². The number of amides is 3. The van der Waals surface area contributed by atoms with Crippen LogP contribution in [0.4, 0.5) is 28.4 Å². The standard InChI is InChI=1S/C25H24N2O3.C25H26N2O.C14H12BrNO/c28-24(20-9-5-2-6-10-20)26-23-17-21(11-12-22(23)25(29)30)27-15-13-19(14-16-27)18-7-3-1-4-8-18;1-19-12-13-23(18-24(19)26-25(28)22-10-6-3-7-11-22)27-16-14-21(15-17-27)20-8-4-2-5-9-20;1-10-7-8-12(15)9-13(10)16-14(17)11-5-3-2-4-6-11/h1-12,17,19H,13-16H2,(H,26,28)(H,29,30);2-13,18,21H,14-17H2,1H3,(H,26,28);2-9H,1H3,(H,16,17). The molecule has 10 rings (SSSR count). The van der Waals surface area contributed by atoms with Gasteiger partial charge in [0.15, 0.2) is 0 Å². The Bertz CT molecular complexity index is 3160. The summed E-state index contributed by atoms with van der Waals surface area (Å²) >= 11 is 3.39. The van der Waals surface area contributed by atoms with E-state index < -0.39 is 5.97 Å². The third-order valence-corrected chi connectivity index (χ3v) is 14.3. The number of nitrogens with one attached hydrogen (secondary N) is 3. The molecule has 2 aliphatic heterocycles. The highest BCUT2D eigenvalue weighted by Gasteiger charge is 2.24. The first kappa shape index (κ1) is 53.0. The van der Waals surface area contributed by atoms with Crippen molar-refractivity contribution < 1.29 is 24.3 Å². The van der Waals surface area contributed by atoms with Crippen molar-refractivity contribution in [1.82, 2.24) is 0 Å². The van der Waals surface area contributed by atoms with Gasteiger partial charge in [0.2, 0.25) is 0 Å². The zero-order chi connectivity index (χ0) is 52.5. The second-order valence-electron chi connectivity index (χ2n) is 18.8. The van der Waals surface area contributed by atoms with E-state index in [1.54, 1.807) is 48.5 Å². The molecule has 0 atom stereocenters. The Morgan fingerprint density at radius 1 is 0.427 bits per heavy atom. The Balaban J connectivity index is 0.000000155. The molecular formula is C64H62BrN5O5. The van der Waals surface area contributed by atoms with Crippen molar-refractivity contribution in [3.05, 3.63) is 255 Å². The predicted octanol–water partition coefficient (Wildman–Crippen LogP) is 14.7. The number of benzene rings is 8. The Labute approximate surface area is 448 Å². The second-order valence-corrected chi connectivity index (χ2v) is 19.7. The molecule has 2 aliphatic rings. The number of rotatable bonds is 11. The molecule has 75 heavy (non-hydrogen) atoms. The fourth-order valence-electron chi connectivity index (χ4n) is 9.43. The van der Waals surface area contributed by atoms with Gasteiger partial charge >= 0.3 is 5.97 Å². The maximum absolute atomic E-state index is 12.6. The lowest BCUT2D eigenvalue weighted by atomic mass is 9.89. The van der Waals surface area contributed by atoms with Crippen LogP contribution in [0.25, 0.3) is 0 Å². The van der Waals surface area contributed by atoms with E-state index in [-0.39, 0.29) is 23.3 Å².